The highest BCUT2D eigenvalue weighted by Gasteiger charge is 2.25. The van der Waals surface area contributed by atoms with Gasteiger partial charge in [-0.2, -0.15) is 0 Å². The van der Waals surface area contributed by atoms with Crippen molar-refractivity contribution >= 4 is 5.84 Å². The summed E-state index contributed by atoms with van der Waals surface area (Å²) in [4.78, 5) is 2.56. The Hall–Kier alpha value is -0.810. The van der Waals surface area contributed by atoms with Crippen LogP contribution in [0.3, 0.4) is 0 Å². The van der Waals surface area contributed by atoms with E-state index in [-0.39, 0.29) is 5.41 Å². The van der Waals surface area contributed by atoms with Crippen LogP contribution in [0.15, 0.2) is 5.16 Å². The molecule has 1 rings (SSSR count). The number of rotatable bonds is 9. The molecule has 4 N–H and O–H groups in total. The molecule has 5 nitrogen and oxygen atoms in total. The lowest BCUT2D eigenvalue weighted by molar-refractivity contribution is 0.211. The highest BCUT2D eigenvalue weighted by Crippen LogP contribution is 2.25. The molecular formula is C15H31N3O2. The maximum atomic E-state index is 8.93. The highest BCUT2D eigenvalue weighted by molar-refractivity contribution is 5.85. The molecule has 1 aliphatic heterocycles. The fourth-order valence-corrected chi connectivity index (χ4v) is 2.99. The van der Waals surface area contributed by atoms with E-state index in [0.29, 0.717) is 18.5 Å². The van der Waals surface area contributed by atoms with E-state index in [0.717, 1.165) is 38.6 Å². The van der Waals surface area contributed by atoms with Crippen molar-refractivity contribution in [3.05, 3.63) is 0 Å². The molecule has 0 bridgehead atoms. The Balaban J connectivity index is 2.23. The van der Waals surface area contributed by atoms with Crippen LogP contribution in [0.25, 0.3) is 0 Å². The van der Waals surface area contributed by atoms with Gasteiger partial charge in [0.15, 0.2) is 0 Å². The molecule has 5 heteroatoms. The number of amidine groups is 1. The number of oxime groups is 1. The largest absolute Gasteiger partial charge is 0.409 e. The second-order valence-corrected chi connectivity index (χ2v) is 6.52. The minimum absolute atomic E-state index is 0.226. The van der Waals surface area contributed by atoms with Crippen molar-refractivity contribution < 1.29 is 10.3 Å². The summed E-state index contributed by atoms with van der Waals surface area (Å²) >= 11 is 0. The number of nitrogens with zero attached hydrogens (tertiary/aromatic N) is 2. The van der Waals surface area contributed by atoms with Gasteiger partial charge in [-0.25, -0.2) is 0 Å². The third kappa shape index (κ3) is 5.29. The zero-order valence-corrected chi connectivity index (χ0v) is 13.0. The minimum Gasteiger partial charge on any atom is -0.409 e. The number of unbranched alkanes of at least 4 members (excludes halogenated alkanes) is 1. The molecule has 0 radical (unpaired) electrons. The SMILES string of the molecule is CC(C)(CCCCN1CCCC1CCCO)C(N)=NO. The molecule has 1 saturated heterocycles. The van der Waals surface area contributed by atoms with E-state index in [2.05, 4.69) is 10.1 Å². The van der Waals surface area contributed by atoms with Gasteiger partial charge in [0.1, 0.15) is 5.84 Å². The van der Waals surface area contributed by atoms with Crippen LogP contribution in [0.5, 0.6) is 0 Å². The van der Waals surface area contributed by atoms with Crippen molar-refractivity contribution in [1.29, 1.82) is 0 Å². The van der Waals surface area contributed by atoms with E-state index < -0.39 is 0 Å². The second kappa shape index (κ2) is 8.47. The molecule has 1 fully saturated rings. The number of likely N-dealkylation sites (tertiary alicyclic amines) is 1. The van der Waals surface area contributed by atoms with E-state index in [9.17, 15) is 0 Å². The lowest BCUT2D eigenvalue weighted by Crippen LogP contribution is -2.33. The van der Waals surface area contributed by atoms with Crippen LogP contribution < -0.4 is 5.73 Å². The monoisotopic (exact) mass is 285 g/mol. The summed E-state index contributed by atoms with van der Waals surface area (Å²) in [6, 6.07) is 0.666. The smallest absolute Gasteiger partial charge is 0.144 e. The van der Waals surface area contributed by atoms with E-state index in [4.69, 9.17) is 16.0 Å². The zero-order valence-electron chi connectivity index (χ0n) is 13.0. The summed E-state index contributed by atoms with van der Waals surface area (Å²) < 4.78 is 0. The quantitative estimate of drug-likeness (QED) is 0.199. The van der Waals surface area contributed by atoms with Crippen LogP contribution in [0, 0.1) is 5.41 Å². The van der Waals surface area contributed by atoms with Gasteiger partial charge in [-0.1, -0.05) is 25.4 Å². The first-order valence-electron chi connectivity index (χ1n) is 7.84. The van der Waals surface area contributed by atoms with Crippen LogP contribution in [0.4, 0.5) is 0 Å². The summed E-state index contributed by atoms with van der Waals surface area (Å²) in [6.45, 7) is 6.66. The maximum Gasteiger partial charge on any atom is 0.144 e. The molecule has 0 aromatic heterocycles. The molecule has 0 aromatic carbocycles. The van der Waals surface area contributed by atoms with Gasteiger partial charge >= 0.3 is 0 Å². The topological polar surface area (TPSA) is 82.1 Å². The van der Waals surface area contributed by atoms with Gasteiger partial charge in [0.25, 0.3) is 0 Å². The van der Waals surface area contributed by atoms with Gasteiger partial charge in [-0.3, -0.25) is 0 Å². The molecule has 1 aliphatic rings. The summed E-state index contributed by atoms with van der Waals surface area (Å²) in [5.74, 6) is 0.319. The lowest BCUT2D eigenvalue weighted by atomic mass is 9.86. The molecule has 0 aliphatic carbocycles. The molecule has 118 valence electrons. The predicted molar refractivity (Wildman–Crippen MR) is 82.0 cm³/mol. The van der Waals surface area contributed by atoms with Gasteiger partial charge in [0.2, 0.25) is 0 Å². The number of aliphatic hydroxyl groups is 1. The normalized spacial score (nSPS) is 21.6. The van der Waals surface area contributed by atoms with E-state index in [1.54, 1.807) is 0 Å². The molecule has 1 unspecified atom stereocenters. The van der Waals surface area contributed by atoms with Gasteiger partial charge in [0, 0.05) is 18.1 Å². The van der Waals surface area contributed by atoms with Gasteiger partial charge < -0.3 is 20.9 Å². The van der Waals surface area contributed by atoms with Crippen LogP contribution in [0.2, 0.25) is 0 Å². The van der Waals surface area contributed by atoms with Crippen LogP contribution >= 0.6 is 0 Å². The minimum atomic E-state index is -0.226. The van der Waals surface area contributed by atoms with Gasteiger partial charge in [-0.05, 0) is 51.6 Å². The van der Waals surface area contributed by atoms with Crippen LogP contribution in [-0.2, 0) is 0 Å². The molecule has 20 heavy (non-hydrogen) atoms. The Morgan fingerprint density at radius 1 is 1.35 bits per heavy atom. The molecule has 0 aromatic rings. The molecule has 0 saturated carbocycles. The van der Waals surface area contributed by atoms with Crippen molar-refractivity contribution in [3.63, 3.8) is 0 Å². The Morgan fingerprint density at radius 2 is 2.10 bits per heavy atom. The van der Waals surface area contributed by atoms with Crippen molar-refractivity contribution in [1.82, 2.24) is 4.90 Å². The standard InChI is InChI=1S/C15H31N3O2/c1-15(2,14(16)17-20)9-3-4-10-18-11-5-7-13(18)8-6-12-19/h13,19-20H,3-12H2,1-2H3,(H2,16,17). The number of hydrogen-bond donors (Lipinski definition) is 3. The van der Waals surface area contributed by atoms with Crippen molar-refractivity contribution in [2.45, 2.75) is 64.8 Å². The van der Waals surface area contributed by atoms with Crippen molar-refractivity contribution in [3.8, 4) is 0 Å². The average Bonchev–Trinajstić information content (AvgIpc) is 2.87. The summed E-state index contributed by atoms with van der Waals surface area (Å²) in [5, 5.41) is 20.8. The fourth-order valence-electron chi connectivity index (χ4n) is 2.99. The number of hydrogen-bond acceptors (Lipinski definition) is 4. The molecule has 1 heterocycles. The summed E-state index contributed by atoms with van der Waals surface area (Å²) in [6.07, 6.45) is 7.77. The van der Waals surface area contributed by atoms with E-state index >= 15 is 0 Å². The Labute approximate surface area is 122 Å². The average molecular weight is 285 g/mol. The van der Waals surface area contributed by atoms with E-state index in [1.807, 2.05) is 13.8 Å². The first-order chi connectivity index (χ1) is 9.51. The Bertz CT molecular complexity index is 305. The lowest BCUT2D eigenvalue weighted by Gasteiger charge is -2.26. The number of aliphatic hydroxyl groups excluding tert-OH is 1. The van der Waals surface area contributed by atoms with Crippen LogP contribution in [0.1, 0.15) is 58.8 Å². The van der Waals surface area contributed by atoms with Gasteiger partial charge in [-0.15, -0.1) is 0 Å². The Morgan fingerprint density at radius 3 is 2.75 bits per heavy atom. The fraction of sp³-hybridized carbons (Fsp3) is 0.933. The summed E-state index contributed by atoms with van der Waals surface area (Å²) in [5.41, 5.74) is 5.47. The molecule has 0 amide bonds. The van der Waals surface area contributed by atoms with Crippen molar-refractivity contribution in [2.75, 3.05) is 19.7 Å². The first kappa shape index (κ1) is 17.2. The Kier molecular flexibility index (Phi) is 7.30. The van der Waals surface area contributed by atoms with E-state index in [1.165, 1.54) is 19.4 Å². The zero-order chi connectivity index (χ0) is 15.0. The predicted octanol–water partition coefficient (Wildman–Crippen LogP) is 2.17. The summed E-state index contributed by atoms with van der Waals surface area (Å²) in [7, 11) is 0. The molecule has 1 atom stereocenters. The first-order valence-corrected chi connectivity index (χ1v) is 7.84. The molecule has 0 spiro atoms. The third-order valence-electron chi connectivity index (χ3n) is 4.49. The third-order valence-corrected chi connectivity index (χ3v) is 4.49. The van der Waals surface area contributed by atoms with Gasteiger partial charge in [0.05, 0.1) is 0 Å². The van der Waals surface area contributed by atoms with Crippen LogP contribution in [-0.4, -0.2) is 46.8 Å². The molecular weight excluding hydrogens is 254 g/mol. The van der Waals surface area contributed by atoms with Crippen molar-refractivity contribution in [2.24, 2.45) is 16.3 Å². The number of nitrogens with two attached hydrogens (primary N) is 1. The highest BCUT2D eigenvalue weighted by atomic mass is 16.4. The second-order valence-electron chi connectivity index (χ2n) is 6.52. The maximum absolute atomic E-state index is 8.93.